The van der Waals surface area contributed by atoms with Crippen molar-refractivity contribution in [2.45, 2.75) is 25.3 Å². The summed E-state index contributed by atoms with van der Waals surface area (Å²) in [7, 11) is 0. The molecule has 1 aromatic carbocycles. The minimum absolute atomic E-state index is 0.445. The molecule has 19 heavy (non-hydrogen) atoms. The molecule has 0 radical (unpaired) electrons. The number of hydrogen-bond acceptors (Lipinski definition) is 3. The summed E-state index contributed by atoms with van der Waals surface area (Å²) in [6.07, 6.45) is 1.71. The van der Waals surface area contributed by atoms with Crippen LogP contribution in [0.3, 0.4) is 0 Å². The zero-order valence-electron chi connectivity index (χ0n) is 10.5. The van der Waals surface area contributed by atoms with E-state index in [0.29, 0.717) is 17.1 Å². The van der Waals surface area contributed by atoms with Crippen LogP contribution in [0, 0.1) is 18.6 Å². The highest BCUT2D eigenvalue weighted by Gasteiger charge is 2.43. The van der Waals surface area contributed by atoms with Gasteiger partial charge in [-0.15, -0.1) is 0 Å². The molecule has 1 heterocycles. The molecule has 3 rings (SSSR count). The first-order valence-electron chi connectivity index (χ1n) is 6.08. The van der Waals surface area contributed by atoms with Gasteiger partial charge >= 0.3 is 0 Å². The topological polar surface area (TPSA) is 51.8 Å². The second kappa shape index (κ2) is 4.06. The fourth-order valence-electron chi connectivity index (χ4n) is 1.95. The van der Waals surface area contributed by atoms with Crippen LogP contribution in [0.2, 0.25) is 0 Å². The van der Waals surface area contributed by atoms with Gasteiger partial charge in [0, 0.05) is 11.3 Å². The lowest BCUT2D eigenvalue weighted by Gasteiger charge is -2.10. The summed E-state index contributed by atoms with van der Waals surface area (Å²) in [4.78, 5) is 8.71. The summed E-state index contributed by atoms with van der Waals surface area (Å²) in [6, 6.07) is 5.47. The second-order valence-electron chi connectivity index (χ2n) is 5.00. The van der Waals surface area contributed by atoms with E-state index in [1.807, 2.05) is 6.92 Å². The van der Waals surface area contributed by atoms with Crippen LogP contribution in [-0.4, -0.2) is 9.97 Å². The molecule has 2 aromatic rings. The average Bonchev–Trinajstić information content (AvgIpc) is 3.11. The third-order valence-electron chi connectivity index (χ3n) is 3.30. The van der Waals surface area contributed by atoms with Crippen molar-refractivity contribution in [1.29, 1.82) is 0 Å². The fraction of sp³-hybridized carbons (Fsp3) is 0.286. The first kappa shape index (κ1) is 12.2. The van der Waals surface area contributed by atoms with Crippen LogP contribution in [0.4, 0.5) is 8.78 Å². The van der Waals surface area contributed by atoms with Gasteiger partial charge in [0.2, 0.25) is 0 Å². The van der Waals surface area contributed by atoms with Gasteiger partial charge in [-0.1, -0.05) is 0 Å². The summed E-state index contributed by atoms with van der Waals surface area (Å²) in [5.41, 5.74) is 7.49. The molecule has 1 aromatic heterocycles. The molecule has 0 amide bonds. The Kier molecular flexibility index (Phi) is 2.60. The molecule has 5 heteroatoms. The number of benzene rings is 1. The van der Waals surface area contributed by atoms with Crippen LogP contribution in [-0.2, 0) is 5.54 Å². The van der Waals surface area contributed by atoms with Crippen molar-refractivity contribution < 1.29 is 8.78 Å². The van der Waals surface area contributed by atoms with Gasteiger partial charge in [0.15, 0.2) is 11.6 Å². The lowest BCUT2D eigenvalue weighted by molar-refractivity contribution is 0.509. The first-order valence-corrected chi connectivity index (χ1v) is 6.08. The number of nitrogens with zero attached hydrogens (tertiary/aromatic N) is 2. The monoisotopic (exact) mass is 261 g/mol. The Morgan fingerprint density at radius 3 is 2.47 bits per heavy atom. The Hall–Kier alpha value is -1.88. The van der Waals surface area contributed by atoms with Crippen LogP contribution in [0.1, 0.15) is 24.4 Å². The largest absolute Gasteiger partial charge is 0.319 e. The molecule has 1 saturated carbocycles. The van der Waals surface area contributed by atoms with Crippen LogP contribution in [0.25, 0.3) is 11.3 Å². The van der Waals surface area contributed by atoms with E-state index in [4.69, 9.17) is 5.73 Å². The van der Waals surface area contributed by atoms with Gasteiger partial charge in [0.1, 0.15) is 5.82 Å². The predicted octanol–water partition coefficient (Wildman–Crippen LogP) is 2.68. The maximum Gasteiger partial charge on any atom is 0.159 e. The molecule has 98 valence electrons. The number of halogens is 2. The van der Waals surface area contributed by atoms with Gasteiger partial charge in [0.05, 0.1) is 11.2 Å². The fourth-order valence-corrected chi connectivity index (χ4v) is 1.95. The number of aryl methyl sites for hydroxylation is 1. The van der Waals surface area contributed by atoms with Crippen molar-refractivity contribution in [2.75, 3.05) is 0 Å². The van der Waals surface area contributed by atoms with Gasteiger partial charge in [0.25, 0.3) is 0 Å². The van der Waals surface area contributed by atoms with E-state index in [-0.39, 0.29) is 0 Å². The van der Waals surface area contributed by atoms with Gasteiger partial charge in [-0.3, -0.25) is 0 Å². The molecule has 0 spiro atoms. The maximum absolute atomic E-state index is 13.3. The van der Waals surface area contributed by atoms with E-state index in [1.165, 1.54) is 6.07 Å². The standard InChI is InChI=1S/C14H13F2N3/c1-8-6-12(9-2-3-10(15)11(16)7-9)19-13(18-8)14(17)4-5-14/h2-3,6-7H,4-5,17H2,1H3. The van der Waals surface area contributed by atoms with Gasteiger partial charge in [-0.2, -0.15) is 0 Å². The zero-order chi connectivity index (χ0) is 13.6. The normalized spacial score (nSPS) is 16.4. The minimum Gasteiger partial charge on any atom is -0.319 e. The highest BCUT2D eigenvalue weighted by atomic mass is 19.2. The Morgan fingerprint density at radius 2 is 1.84 bits per heavy atom. The Labute approximate surface area is 109 Å². The van der Waals surface area contributed by atoms with E-state index in [2.05, 4.69) is 9.97 Å². The summed E-state index contributed by atoms with van der Waals surface area (Å²) in [5.74, 6) is -1.18. The summed E-state index contributed by atoms with van der Waals surface area (Å²) >= 11 is 0. The lowest BCUT2D eigenvalue weighted by Crippen LogP contribution is -2.22. The molecule has 1 aliphatic carbocycles. The minimum atomic E-state index is -0.885. The molecular formula is C14H13F2N3. The van der Waals surface area contributed by atoms with Crippen molar-refractivity contribution >= 4 is 0 Å². The lowest BCUT2D eigenvalue weighted by atomic mass is 10.1. The van der Waals surface area contributed by atoms with Gasteiger partial charge in [-0.05, 0) is 44.0 Å². The molecule has 1 aliphatic rings. The van der Waals surface area contributed by atoms with E-state index in [0.717, 1.165) is 30.7 Å². The third kappa shape index (κ3) is 2.21. The van der Waals surface area contributed by atoms with Crippen molar-refractivity contribution in [2.24, 2.45) is 5.73 Å². The second-order valence-corrected chi connectivity index (χ2v) is 5.00. The average molecular weight is 261 g/mol. The predicted molar refractivity (Wildman–Crippen MR) is 67.2 cm³/mol. The van der Waals surface area contributed by atoms with Crippen LogP contribution >= 0.6 is 0 Å². The molecule has 0 atom stereocenters. The molecule has 0 saturated heterocycles. The molecule has 0 unspecified atom stereocenters. The van der Waals surface area contributed by atoms with Crippen LogP contribution < -0.4 is 5.73 Å². The van der Waals surface area contributed by atoms with Crippen molar-refractivity contribution in [3.05, 3.63) is 47.4 Å². The maximum atomic E-state index is 13.3. The zero-order valence-corrected chi connectivity index (χ0v) is 10.5. The van der Waals surface area contributed by atoms with E-state index < -0.39 is 17.2 Å². The number of rotatable bonds is 2. The molecule has 0 aliphatic heterocycles. The smallest absolute Gasteiger partial charge is 0.159 e. The van der Waals surface area contributed by atoms with Crippen molar-refractivity contribution in [1.82, 2.24) is 9.97 Å². The van der Waals surface area contributed by atoms with Crippen LogP contribution in [0.15, 0.2) is 24.3 Å². The molecular weight excluding hydrogens is 248 g/mol. The first-order chi connectivity index (χ1) is 8.98. The van der Waals surface area contributed by atoms with Gasteiger partial charge < -0.3 is 5.73 Å². The number of nitrogens with two attached hydrogens (primary N) is 1. The third-order valence-corrected chi connectivity index (χ3v) is 3.30. The van der Waals surface area contributed by atoms with Gasteiger partial charge in [-0.25, -0.2) is 18.7 Å². The summed E-state index contributed by atoms with van der Waals surface area (Å²) in [6.45, 7) is 1.83. The van der Waals surface area contributed by atoms with Crippen molar-refractivity contribution in [3.63, 3.8) is 0 Å². The van der Waals surface area contributed by atoms with E-state index in [9.17, 15) is 8.78 Å². The number of hydrogen-bond donors (Lipinski definition) is 1. The highest BCUT2D eigenvalue weighted by Crippen LogP contribution is 2.41. The Bertz CT molecular complexity index is 651. The van der Waals surface area contributed by atoms with Crippen molar-refractivity contribution in [3.8, 4) is 11.3 Å². The summed E-state index contributed by atoms with van der Waals surface area (Å²) in [5, 5.41) is 0. The molecule has 1 fully saturated rings. The number of aromatic nitrogens is 2. The SMILES string of the molecule is Cc1cc(-c2ccc(F)c(F)c2)nc(C2(N)CC2)n1. The van der Waals surface area contributed by atoms with Crippen LogP contribution in [0.5, 0.6) is 0 Å². The highest BCUT2D eigenvalue weighted by molar-refractivity contribution is 5.59. The molecule has 0 bridgehead atoms. The quantitative estimate of drug-likeness (QED) is 0.904. The van der Waals surface area contributed by atoms with E-state index in [1.54, 1.807) is 6.07 Å². The summed E-state index contributed by atoms with van der Waals surface area (Å²) < 4.78 is 26.2. The van der Waals surface area contributed by atoms with E-state index >= 15 is 0 Å². The molecule has 3 nitrogen and oxygen atoms in total. The molecule has 2 N–H and O–H groups in total. The Balaban J connectivity index is 2.09. The Morgan fingerprint density at radius 1 is 1.11 bits per heavy atom.